The smallest absolute Gasteiger partial charge is 0.149 e. The van der Waals surface area contributed by atoms with Crippen LogP contribution in [0.5, 0.6) is 0 Å². The van der Waals surface area contributed by atoms with Crippen molar-refractivity contribution in [1.82, 2.24) is 0 Å². The normalized spacial score (nSPS) is 13.1. The Kier molecular flexibility index (Phi) is 5.16. The van der Waals surface area contributed by atoms with Crippen LogP contribution in [0.25, 0.3) is 0 Å². The molecule has 0 aromatic rings. The first kappa shape index (κ1) is 9.59. The van der Waals surface area contributed by atoms with Gasteiger partial charge in [0.1, 0.15) is 5.78 Å². The van der Waals surface area contributed by atoms with E-state index < -0.39 is 0 Å². The third-order valence-electron chi connectivity index (χ3n) is 1.48. The van der Waals surface area contributed by atoms with Crippen LogP contribution >= 0.6 is 0 Å². The molecule has 1 atom stereocenters. The molecule has 1 unspecified atom stereocenters. The Morgan fingerprint density at radius 3 is 2.60 bits per heavy atom. The third-order valence-corrected chi connectivity index (χ3v) is 1.48. The van der Waals surface area contributed by atoms with Gasteiger partial charge >= 0.3 is 0 Å². The molecule has 60 valence electrons. The van der Waals surface area contributed by atoms with Crippen molar-refractivity contribution < 1.29 is 4.79 Å². The van der Waals surface area contributed by atoms with Crippen LogP contribution in [0.3, 0.4) is 0 Å². The van der Waals surface area contributed by atoms with E-state index in [2.05, 4.69) is 0 Å². The molecular weight excluding hydrogens is 128 g/mol. The fourth-order valence-electron chi connectivity index (χ4n) is 0.689. The van der Waals surface area contributed by atoms with Gasteiger partial charge in [-0.2, -0.15) is 0 Å². The van der Waals surface area contributed by atoms with E-state index in [1.807, 2.05) is 6.92 Å². The van der Waals surface area contributed by atoms with Gasteiger partial charge in [0.25, 0.3) is 0 Å². The quantitative estimate of drug-likeness (QED) is 0.572. The molecule has 0 aromatic heterocycles. The van der Waals surface area contributed by atoms with Crippen molar-refractivity contribution in [1.29, 1.82) is 0 Å². The highest BCUT2D eigenvalue weighted by Crippen LogP contribution is 1.95. The maximum atomic E-state index is 11.0. The van der Waals surface area contributed by atoms with Gasteiger partial charge in [0.15, 0.2) is 0 Å². The Morgan fingerprint density at radius 2 is 2.20 bits per heavy atom. The van der Waals surface area contributed by atoms with Gasteiger partial charge in [0.05, 0.1) is 6.04 Å². The Morgan fingerprint density at radius 1 is 1.60 bits per heavy atom. The largest absolute Gasteiger partial charge is 0.330 e. The Balaban J connectivity index is 3.42. The first-order valence-corrected chi connectivity index (χ1v) is 3.70. The van der Waals surface area contributed by atoms with Gasteiger partial charge < -0.3 is 11.5 Å². The molecule has 3 nitrogen and oxygen atoms in total. The maximum Gasteiger partial charge on any atom is 0.149 e. The van der Waals surface area contributed by atoms with Crippen molar-refractivity contribution in [3.63, 3.8) is 0 Å². The fourth-order valence-corrected chi connectivity index (χ4v) is 0.689. The molecule has 0 amide bonds. The average molecular weight is 144 g/mol. The number of hydrogen-bond donors (Lipinski definition) is 2. The van der Waals surface area contributed by atoms with Crippen molar-refractivity contribution in [2.24, 2.45) is 11.5 Å². The highest BCUT2D eigenvalue weighted by atomic mass is 16.1. The predicted molar refractivity (Wildman–Crippen MR) is 41.6 cm³/mol. The van der Waals surface area contributed by atoms with Crippen LogP contribution < -0.4 is 11.5 Å². The van der Waals surface area contributed by atoms with E-state index in [4.69, 9.17) is 11.5 Å². The molecule has 0 radical (unpaired) electrons. The topological polar surface area (TPSA) is 69.1 Å². The SMILES string of the molecule is CCC(N)C(=O)CCCN. The van der Waals surface area contributed by atoms with E-state index in [-0.39, 0.29) is 11.8 Å². The number of carbonyl (C=O) groups excluding carboxylic acids is 1. The lowest BCUT2D eigenvalue weighted by Crippen LogP contribution is -2.29. The van der Waals surface area contributed by atoms with Crippen LogP contribution in [-0.2, 0) is 4.79 Å². The van der Waals surface area contributed by atoms with Gasteiger partial charge in [-0.1, -0.05) is 6.92 Å². The molecule has 10 heavy (non-hydrogen) atoms. The lowest BCUT2D eigenvalue weighted by Gasteiger charge is -2.05. The van der Waals surface area contributed by atoms with Crippen molar-refractivity contribution in [2.45, 2.75) is 32.2 Å². The second-order valence-electron chi connectivity index (χ2n) is 2.37. The van der Waals surface area contributed by atoms with E-state index in [0.717, 1.165) is 12.8 Å². The van der Waals surface area contributed by atoms with Crippen LogP contribution in [0.1, 0.15) is 26.2 Å². The summed E-state index contributed by atoms with van der Waals surface area (Å²) in [7, 11) is 0. The molecule has 0 aliphatic rings. The van der Waals surface area contributed by atoms with Crippen LogP contribution in [0, 0.1) is 0 Å². The second kappa shape index (κ2) is 5.38. The first-order chi connectivity index (χ1) is 4.72. The van der Waals surface area contributed by atoms with E-state index in [0.29, 0.717) is 13.0 Å². The molecule has 0 fully saturated rings. The van der Waals surface area contributed by atoms with Gasteiger partial charge in [0, 0.05) is 6.42 Å². The fraction of sp³-hybridized carbons (Fsp3) is 0.857. The minimum Gasteiger partial charge on any atom is -0.330 e. The zero-order chi connectivity index (χ0) is 7.98. The molecule has 0 aliphatic heterocycles. The van der Waals surface area contributed by atoms with Crippen molar-refractivity contribution >= 4 is 5.78 Å². The zero-order valence-electron chi connectivity index (χ0n) is 6.47. The summed E-state index contributed by atoms with van der Waals surface area (Å²) in [5, 5.41) is 0. The molecule has 0 bridgehead atoms. The number of ketones is 1. The molecule has 0 aliphatic carbocycles. The summed E-state index contributed by atoms with van der Waals surface area (Å²) >= 11 is 0. The molecule has 0 heterocycles. The predicted octanol–water partition coefficient (Wildman–Crippen LogP) is 0.0317. The highest BCUT2D eigenvalue weighted by molar-refractivity contribution is 5.83. The lowest BCUT2D eigenvalue weighted by molar-refractivity contribution is -0.120. The van der Waals surface area contributed by atoms with Gasteiger partial charge in [-0.3, -0.25) is 4.79 Å². The minimum absolute atomic E-state index is 0.132. The van der Waals surface area contributed by atoms with E-state index in [1.54, 1.807) is 0 Å². The zero-order valence-corrected chi connectivity index (χ0v) is 6.47. The van der Waals surface area contributed by atoms with Crippen LogP contribution in [-0.4, -0.2) is 18.4 Å². The highest BCUT2D eigenvalue weighted by Gasteiger charge is 2.08. The van der Waals surface area contributed by atoms with Gasteiger partial charge in [-0.05, 0) is 19.4 Å². The first-order valence-electron chi connectivity index (χ1n) is 3.70. The van der Waals surface area contributed by atoms with Crippen LogP contribution in [0.2, 0.25) is 0 Å². The number of carbonyl (C=O) groups is 1. The Labute approximate surface area is 61.8 Å². The summed E-state index contributed by atoms with van der Waals surface area (Å²) in [6.07, 6.45) is 2.02. The third kappa shape index (κ3) is 3.58. The average Bonchev–Trinajstić information content (AvgIpc) is 1.98. The summed E-state index contributed by atoms with van der Waals surface area (Å²) in [6, 6.07) is -0.272. The second-order valence-corrected chi connectivity index (χ2v) is 2.37. The molecule has 0 rings (SSSR count). The lowest BCUT2D eigenvalue weighted by atomic mass is 10.1. The van der Waals surface area contributed by atoms with Crippen molar-refractivity contribution in [2.75, 3.05) is 6.54 Å². The number of nitrogens with two attached hydrogens (primary N) is 2. The van der Waals surface area contributed by atoms with Crippen molar-refractivity contribution in [3.8, 4) is 0 Å². The molecule has 0 aromatic carbocycles. The Hall–Kier alpha value is -0.410. The molecular formula is C7H16N2O. The minimum atomic E-state index is -0.272. The molecule has 0 spiro atoms. The Bertz CT molecular complexity index is 104. The number of Topliss-reactive ketones (excluding diaryl/α,β-unsaturated/α-hetero) is 1. The van der Waals surface area contributed by atoms with E-state index in [9.17, 15) is 4.79 Å². The van der Waals surface area contributed by atoms with Crippen LogP contribution in [0.4, 0.5) is 0 Å². The molecule has 3 heteroatoms. The monoisotopic (exact) mass is 144 g/mol. The molecule has 4 N–H and O–H groups in total. The summed E-state index contributed by atoms with van der Waals surface area (Å²) in [5.41, 5.74) is 10.7. The molecule has 0 saturated carbocycles. The standard InChI is InChI=1S/C7H16N2O/c1-2-6(9)7(10)4-3-5-8/h6H,2-5,8-9H2,1H3. The van der Waals surface area contributed by atoms with Crippen LogP contribution in [0.15, 0.2) is 0 Å². The maximum absolute atomic E-state index is 11.0. The molecule has 0 saturated heterocycles. The number of rotatable bonds is 5. The van der Waals surface area contributed by atoms with E-state index >= 15 is 0 Å². The van der Waals surface area contributed by atoms with Gasteiger partial charge in [-0.25, -0.2) is 0 Å². The summed E-state index contributed by atoms with van der Waals surface area (Å²) < 4.78 is 0. The summed E-state index contributed by atoms with van der Waals surface area (Å²) in [6.45, 7) is 2.48. The summed E-state index contributed by atoms with van der Waals surface area (Å²) in [4.78, 5) is 11.0. The number of hydrogen-bond acceptors (Lipinski definition) is 3. The van der Waals surface area contributed by atoms with Gasteiger partial charge in [0.2, 0.25) is 0 Å². The van der Waals surface area contributed by atoms with Gasteiger partial charge in [-0.15, -0.1) is 0 Å². The van der Waals surface area contributed by atoms with Crippen molar-refractivity contribution in [3.05, 3.63) is 0 Å². The summed E-state index contributed by atoms with van der Waals surface area (Å²) in [5.74, 6) is 0.132. The van der Waals surface area contributed by atoms with E-state index in [1.165, 1.54) is 0 Å².